The third-order valence-electron chi connectivity index (χ3n) is 5.64. The molecule has 0 N–H and O–H groups in total. The fraction of sp³-hybridized carbons (Fsp3) is 0.478. The number of nitrogens with zero attached hydrogens (tertiary/aromatic N) is 3. The second-order valence-electron chi connectivity index (χ2n) is 7.82. The van der Waals surface area contributed by atoms with E-state index in [-0.39, 0.29) is 34.9 Å². The smallest absolute Gasteiger partial charge is 0.309 e. The van der Waals surface area contributed by atoms with E-state index in [9.17, 15) is 18.8 Å². The lowest BCUT2D eigenvalue weighted by atomic mass is 9.97. The first-order valence-corrected chi connectivity index (χ1v) is 11.7. The Morgan fingerprint density at radius 1 is 1.22 bits per heavy atom. The van der Waals surface area contributed by atoms with Crippen LogP contribution in [-0.2, 0) is 27.8 Å². The Morgan fingerprint density at radius 2 is 1.88 bits per heavy atom. The molecule has 3 rings (SSSR count). The molecule has 7 nitrogen and oxygen atoms in total. The van der Waals surface area contributed by atoms with Gasteiger partial charge >= 0.3 is 5.97 Å². The maximum Gasteiger partial charge on any atom is 0.309 e. The SMILES string of the molecule is CCOC(=O)C1CCN(C(=O)CSc2nc(C)c(Cc3ccc(F)cc3)c(=O)n2C)CC1. The normalized spacial score (nSPS) is 14.4. The van der Waals surface area contributed by atoms with Crippen LogP contribution < -0.4 is 5.56 Å². The molecule has 1 aliphatic rings. The van der Waals surface area contributed by atoms with E-state index in [1.54, 1.807) is 37.9 Å². The summed E-state index contributed by atoms with van der Waals surface area (Å²) >= 11 is 1.23. The molecule has 1 aliphatic heterocycles. The van der Waals surface area contributed by atoms with Crippen molar-refractivity contribution < 1.29 is 18.7 Å². The average molecular weight is 462 g/mol. The number of halogens is 1. The van der Waals surface area contributed by atoms with E-state index in [0.29, 0.717) is 55.4 Å². The van der Waals surface area contributed by atoms with Gasteiger partial charge in [0.2, 0.25) is 5.91 Å². The summed E-state index contributed by atoms with van der Waals surface area (Å²) in [6.07, 6.45) is 1.57. The van der Waals surface area contributed by atoms with Crippen LogP contribution in [0.3, 0.4) is 0 Å². The van der Waals surface area contributed by atoms with Gasteiger partial charge in [0, 0.05) is 37.8 Å². The standard InChI is InChI=1S/C23H28FN3O4S/c1-4-31-22(30)17-9-11-27(12-10-17)20(28)14-32-23-25-15(2)19(21(29)26(23)3)13-16-5-7-18(24)8-6-16/h5-8,17H,4,9-14H2,1-3H3. The Kier molecular flexibility index (Phi) is 8.06. The fourth-order valence-corrected chi connectivity index (χ4v) is 4.62. The number of carbonyl (C=O) groups is 2. The van der Waals surface area contributed by atoms with E-state index in [2.05, 4.69) is 4.98 Å². The van der Waals surface area contributed by atoms with Crippen molar-refractivity contribution in [3.8, 4) is 0 Å². The summed E-state index contributed by atoms with van der Waals surface area (Å²) in [7, 11) is 1.64. The van der Waals surface area contributed by atoms with Gasteiger partial charge < -0.3 is 9.64 Å². The van der Waals surface area contributed by atoms with Crippen LogP contribution in [0.5, 0.6) is 0 Å². The van der Waals surface area contributed by atoms with Crippen molar-refractivity contribution in [3.05, 3.63) is 57.3 Å². The van der Waals surface area contributed by atoms with E-state index in [0.717, 1.165) is 5.56 Å². The highest BCUT2D eigenvalue weighted by Crippen LogP contribution is 2.21. The minimum Gasteiger partial charge on any atom is -0.466 e. The molecule has 9 heteroatoms. The number of hydrogen-bond donors (Lipinski definition) is 0. The van der Waals surface area contributed by atoms with Crippen molar-refractivity contribution in [2.45, 2.75) is 38.3 Å². The molecule has 1 aromatic heterocycles. The van der Waals surface area contributed by atoms with Gasteiger partial charge in [0.05, 0.1) is 18.3 Å². The summed E-state index contributed by atoms with van der Waals surface area (Å²) in [5.74, 6) is -0.534. The van der Waals surface area contributed by atoms with Gasteiger partial charge in [-0.2, -0.15) is 0 Å². The first-order chi connectivity index (χ1) is 15.3. The van der Waals surface area contributed by atoms with Crippen molar-refractivity contribution in [2.75, 3.05) is 25.4 Å². The predicted molar refractivity (Wildman–Crippen MR) is 120 cm³/mol. The summed E-state index contributed by atoms with van der Waals surface area (Å²) in [5, 5.41) is 0.477. The Labute approximate surface area is 191 Å². The molecule has 172 valence electrons. The number of amides is 1. The number of rotatable bonds is 7. The first-order valence-electron chi connectivity index (χ1n) is 10.7. The van der Waals surface area contributed by atoms with E-state index in [1.165, 1.54) is 28.5 Å². The molecule has 32 heavy (non-hydrogen) atoms. The van der Waals surface area contributed by atoms with Gasteiger partial charge in [-0.1, -0.05) is 23.9 Å². The van der Waals surface area contributed by atoms with E-state index >= 15 is 0 Å². The summed E-state index contributed by atoms with van der Waals surface area (Å²) in [6.45, 7) is 4.96. The monoisotopic (exact) mass is 461 g/mol. The number of ether oxygens (including phenoxy) is 1. The van der Waals surface area contributed by atoms with Gasteiger partial charge in [-0.05, 0) is 44.4 Å². The Morgan fingerprint density at radius 3 is 2.50 bits per heavy atom. The molecule has 0 spiro atoms. The highest BCUT2D eigenvalue weighted by atomic mass is 32.2. The van der Waals surface area contributed by atoms with E-state index in [1.807, 2.05) is 0 Å². The van der Waals surface area contributed by atoms with Crippen LogP contribution in [0, 0.1) is 18.7 Å². The van der Waals surface area contributed by atoms with E-state index in [4.69, 9.17) is 4.74 Å². The minimum absolute atomic E-state index is 0.0420. The molecule has 0 bridgehead atoms. The molecule has 0 unspecified atom stereocenters. The van der Waals surface area contributed by atoms with Crippen LogP contribution in [0.25, 0.3) is 0 Å². The summed E-state index contributed by atoms with van der Waals surface area (Å²) in [6, 6.07) is 6.04. The molecule has 1 amide bonds. The third-order valence-corrected chi connectivity index (χ3v) is 6.65. The van der Waals surface area contributed by atoms with Gasteiger partial charge in [-0.15, -0.1) is 0 Å². The van der Waals surface area contributed by atoms with Gasteiger partial charge in [0.15, 0.2) is 5.16 Å². The van der Waals surface area contributed by atoms with Crippen LogP contribution in [0.15, 0.2) is 34.2 Å². The number of benzene rings is 1. The molecule has 1 fully saturated rings. The molecular formula is C23H28FN3O4S. The number of esters is 1. The number of aryl methyl sites for hydroxylation is 1. The zero-order chi connectivity index (χ0) is 23.3. The maximum absolute atomic E-state index is 13.1. The van der Waals surface area contributed by atoms with Crippen molar-refractivity contribution in [3.63, 3.8) is 0 Å². The summed E-state index contributed by atoms with van der Waals surface area (Å²) < 4.78 is 19.7. The number of thioether (sulfide) groups is 1. The van der Waals surface area contributed by atoms with E-state index < -0.39 is 0 Å². The zero-order valence-corrected chi connectivity index (χ0v) is 19.4. The van der Waals surface area contributed by atoms with Crippen LogP contribution in [0.1, 0.15) is 36.6 Å². The number of likely N-dealkylation sites (tertiary alicyclic amines) is 1. The van der Waals surface area contributed by atoms with Gasteiger partial charge in [-0.25, -0.2) is 9.37 Å². The lowest BCUT2D eigenvalue weighted by Gasteiger charge is -2.30. The third kappa shape index (κ3) is 5.76. The Bertz CT molecular complexity index is 1030. The van der Waals surface area contributed by atoms with Crippen LogP contribution >= 0.6 is 11.8 Å². The van der Waals surface area contributed by atoms with Crippen LogP contribution in [-0.4, -0.2) is 51.8 Å². The number of piperidine rings is 1. The highest BCUT2D eigenvalue weighted by molar-refractivity contribution is 7.99. The first kappa shape index (κ1) is 24.0. The predicted octanol–water partition coefficient (Wildman–Crippen LogP) is 2.71. The lowest BCUT2D eigenvalue weighted by Crippen LogP contribution is -2.41. The van der Waals surface area contributed by atoms with Gasteiger partial charge in [0.1, 0.15) is 5.82 Å². The second-order valence-corrected chi connectivity index (χ2v) is 8.76. The molecular weight excluding hydrogens is 433 g/mol. The molecule has 0 saturated carbocycles. The quantitative estimate of drug-likeness (QED) is 0.358. The largest absolute Gasteiger partial charge is 0.466 e. The number of aromatic nitrogens is 2. The van der Waals surface area contributed by atoms with Crippen molar-refractivity contribution in [1.29, 1.82) is 0 Å². The van der Waals surface area contributed by atoms with Crippen LogP contribution in [0.2, 0.25) is 0 Å². The topological polar surface area (TPSA) is 81.5 Å². The maximum atomic E-state index is 13.1. The van der Waals surface area contributed by atoms with Gasteiger partial charge in [0.25, 0.3) is 5.56 Å². The second kappa shape index (κ2) is 10.8. The Balaban J connectivity index is 1.61. The Hall–Kier alpha value is -2.68. The summed E-state index contributed by atoms with van der Waals surface area (Å²) in [4.78, 5) is 43.7. The molecule has 2 aromatic rings. The molecule has 0 atom stereocenters. The van der Waals surface area contributed by atoms with Crippen molar-refractivity contribution >= 4 is 23.6 Å². The molecule has 0 radical (unpaired) electrons. The fourth-order valence-electron chi connectivity index (χ4n) is 3.71. The summed E-state index contributed by atoms with van der Waals surface area (Å²) in [5.41, 5.74) is 1.81. The van der Waals surface area contributed by atoms with Crippen molar-refractivity contribution in [2.24, 2.45) is 13.0 Å². The van der Waals surface area contributed by atoms with Crippen LogP contribution in [0.4, 0.5) is 4.39 Å². The number of carbonyl (C=O) groups excluding carboxylic acids is 2. The molecule has 2 heterocycles. The highest BCUT2D eigenvalue weighted by Gasteiger charge is 2.28. The molecule has 1 aromatic carbocycles. The molecule has 0 aliphatic carbocycles. The van der Waals surface area contributed by atoms with Crippen molar-refractivity contribution in [1.82, 2.24) is 14.5 Å². The average Bonchev–Trinajstić information content (AvgIpc) is 2.79. The molecule has 1 saturated heterocycles. The number of hydrogen-bond acceptors (Lipinski definition) is 6. The van der Waals surface area contributed by atoms with Gasteiger partial charge in [-0.3, -0.25) is 19.0 Å². The zero-order valence-electron chi connectivity index (χ0n) is 18.6. The lowest BCUT2D eigenvalue weighted by molar-refractivity contribution is -0.151. The minimum atomic E-state index is -0.321.